The standard InChI is InChI=1S/C37H44ClN3O8S/c1-22(23-9-11-24(12-10-23)35(43)49-37(2,3)4)39-36(44)41-21-33(50)40(20-29-31(47-7)17-28(45-5)18-32(29)48-8)19-26(34(41)42)15-25-16-27(38)13-14-30(25)46-6/h9-14,16-18,22,26H,15,19-21H2,1-8H3,(H,39,44)/t22-,26?/m1/s1. The topological polar surface area (TPSA) is 116 Å². The van der Waals surface area contributed by atoms with Crippen LogP contribution < -0.4 is 24.3 Å². The molecule has 13 heteroatoms. The fourth-order valence-corrected chi connectivity index (χ4v) is 6.11. The third-order valence-corrected chi connectivity index (χ3v) is 8.83. The predicted molar refractivity (Wildman–Crippen MR) is 195 cm³/mol. The van der Waals surface area contributed by atoms with Crippen LogP contribution >= 0.6 is 23.8 Å². The smallest absolute Gasteiger partial charge is 0.338 e. The van der Waals surface area contributed by atoms with Crippen LogP contribution in [0, 0.1) is 5.92 Å². The lowest BCUT2D eigenvalue weighted by atomic mass is 9.96. The first-order valence-electron chi connectivity index (χ1n) is 16.0. The lowest BCUT2D eigenvalue weighted by Crippen LogP contribution is -2.48. The van der Waals surface area contributed by atoms with Crippen LogP contribution in [-0.4, -0.2) is 79.8 Å². The molecule has 1 fully saturated rings. The van der Waals surface area contributed by atoms with Crippen molar-refractivity contribution in [2.24, 2.45) is 5.92 Å². The quantitative estimate of drug-likeness (QED) is 0.171. The van der Waals surface area contributed by atoms with Gasteiger partial charge in [-0.3, -0.25) is 9.69 Å². The molecule has 1 N–H and O–H groups in total. The zero-order valence-electron chi connectivity index (χ0n) is 29.6. The van der Waals surface area contributed by atoms with Crippen molar-refractivity contribution in [3.05, 3.63) is 81.9 Å². The van der Waals surface area contributed by atoms with Gasteiger partial charge in [0.05, 0.1) is 69.6 Å². The van der Waals surface area contributed by atoms with E-state index in [9.17, 15) is 14.4 Å². The molecule has 3 aromatic carbocycles. The summed E-state index contributed by atoms with van der Waals surface area (Å²) in [5.41, 5.74) is 1.90. The number of benzene rings is 3. The van der Waals surface area contributed by atoms with Crippen molar-refractivity contribution >= 4 is 46.7 Å². The molecule has 1 unspecified atom stereocenters. The SMILES string of the molecule is COc1cc(OC)c(CN2CC(Cc3cc(Cl)ccc3OC)C(=O)N(C(=O)N[C@H](C)c3ccc(C(=O)OC(C)(C)C)cc3)CC2=S)c(OC)c1. The van der Waals surface area contributed by atoms with E-state index in [1.807, 2.05) is 4.90 Å². The van der Waals surface area contributed by atoms with Gasteiger partial charge in [-0.25, -0.2) is 9.59 Å². The highest BCUT2D eigenvalue weighted by Crippen LogP contribution is 2.36. The van der Waals surface area contributed by atoms with Gasteiger partial charge in [-0.1, -0.05) is 36.0 Å². The van der Waals surface area contributed by atoms with Crippen molar-refractivity contribution < 1.29 is 38.1 Å². The average Bonchev–Trinajstić information content (AvgIpc) is 3.19. The molecule has 11 nitrogen and oxygen atoms in total. The summed E-state index contributed by atoms with van der Waals surface area (Å²) in [6.45, 7) is 7.49. The maximum absolute atomic E-state index is 14.3. The summed E-state index contributed by atoms with van der Waals surface area (Å²) in [5, 5.41) is 3.42. The Kier molecular flexibility index (Phi) is 12.6. The lowest BCUT2D eigenvalue weighted by molar-refractivity contribution is -0.131. The Morgan fingerprint density at radius 3 is 2.12 bits per heavy atom. The number of ether oxygens (including phenoxy) is 5. The Hall–Kier alpha value is -4.55. The van der Waals surface area contributed by atoms with Gasteiger partial charge in [0.15, 0.2) is 0 Å². The van der Waals surface area contributed by atoms with Crippen LogP contribution in [-0.2, 0) is 22.5 Å². The fraction of sp³-hybridized carbons (Fsp3) is 0.405. The van der Waals surface area contributed by atoms with Crippen LogP contribution in [0.2, 0.25) is 5.02 Å². The Bertz CT molecular complexity index is 1700. The molecule has 1 aliphatic rings. The minimum Gasteiger partial charge on any atom is -0.496 e. The molecule has 0 saturated carbocycles. The van der Waals surface area contributed by atoms with Crippen molar-refractivity contribution in [2.45, 2.75) is 52.3 Å². The Morgan fingerprint density at radius 2 is 1.56 bits per heavy atom. The second-order valence-electron chi connectivity index (χ2n) is 12.9. The summed E-state index contributed by atoms with van der Waals surface area (Å²) in [6.07, 6.45) is 0.226. The molecule has 3 amide bonds. The van der Waals surface area contributed by atoms with Crippen molar-refractivity contribution in [1.29, 1.82) is 0 Å². The van der Waals surface area contributed by atoms with Crippen LogP contribution in [0.4, 0.5) is 4.79 Å². The van der Waals surface area contributed by atoms with E-state index in [1.165, 1.54) is 0 Å². The van der Waals surface area contributed by atoms with E-state index >= 15 is 0 Å². The number of nitrogens with zero attached hydrogens (tertiary/aromatic N) is 2. The van der Waals surface area contributed by atoms with E-state index in [0.29, 0.717) is 49.7 Å². The highest BCUT2D eigenvalue weighted by molar-refractivity contribution is 7.80. The average molecular weight is 726 g/mol. The molecule has 1 heterocycles. The molecule has 3 aromatic rings. The summed E-state index contributed by atoms with van der Waals surface area (Å²) in [5.74, 6) is 0.600. The number of thiocarbonyl (C=S) groups is 1. The zero-order chi connectivity index (χ0) is 36.7. The van der Waals surface area contributed by atoms with Crippen LogP contribution in [0.1, 0.15) is 60.8 Å². The van der Waals surface area contributed by atoms with Crippen LogP contribution in [0.25, 0.3) is 0 Å². The number of methoxy groups -OCH3 is 4. The fourth-order valence-electron chi connectivity index (χ4n) is 5.64. The largest absolute Gasteiger partial charge is 0.496 e. The third kappa shape index (κ3) is 9.36. The first-order chi connectivity index (χ1) is 23.7. The predicted octanol–water partition coefficient (Wildman–Crippen LogP) is 6.63. The highest BCUT2D eigenvalue weighted by atomic mass is 35.5. The Balaban J connectivity index is 1.63. The molecule has 268 valence electrons. The molecule has 4 rings (SSSR count). The van der Waals surface area contributed by atoms with Gasteiger partial charge < -0.3 is 33.9 Å². The molecule has 2 atom stereocenters. The molecule has 50 heavy (non-hydrogen) atoms. The maximum Gasteiger partial charge on any atom is 0.338 e. The molecule has 0 radical (unpaired) electrons. The second-order valence-corrected chi connectivity index (χ2v) is 13.8. The first-order valence-corrected chi connectivity index (χ1v) is 16.8. The summed E-state index contributed by atoms with van der Waals surface area (Å²) in [7, 11) is 6.20. The summed E-state index contributed by atoms with van der Waals surface area (Å²) >= 11 is 12.2. The van der Waals surface area contributed by atoms with Gasteiger partial charge in [0.1, 0.15) is 28.6 Å². The number of carbonyl (C=O) groups excluding carboxylic acids is 3. The molecular weight excluding hydrogens is 682 g/mol. The van der Waals surface area contributed by atoms with E-state index in [2.05, 4.69) is 5.32 Å². The zero-order valence-corrected chi connectivity index (χ0v) is 31.2. The molecule has 0 spiro atoms. The van der Waals surface area contributed by atoms with Gasteiger partial charge in [-0.2, -0.15) is 0 Å². The van der Waals surface area contributed by atoms with Crippen LogP contribution in [0.3, 0.4) is 0 Å². The Morgan fingerprint density at radius 1 is 0.940 bits per heavy atom. The number of carbonyl (C=O) groups is 3. The number of hydrogen-bond donors (Lipinski definition) is 1. The van der Waals surface area contributed by atoms with Gasteiger partial charge in [0.2, 0.25) is 5.91 Å². The van der Waals surface area contributed by atoms with Crippen molar-refractivity contribution in [1.82, 2.24) is 15.1 Å². The molecule has 1 aliphatic heterocycles. The second kappa shape index (κ2) is 16.4. The first kappa shape index (κ1) is 38.3. The summed E-state index contributed by atoms with van der Waals surface area (Å²) < 4.78 is 27.8. The molecule has 0 aliphatic carbocycles. The molecule has 0 bridgehead atoms. The van der Waals surface area contributed by atoms with Crippen molar-refractivity contribution in [2.75, 3.05) is 41.5 Å². The number of imide groups is 1. The minimum atomic E-state index is -0.716. The molecule has 1 saturated heterocycles. The van der Waals surface area contributed by atoms with E-state index in [1.54, 1.807) is 111 Å². The number of amides is 3. The highest BCUT2D eigenvalue weighted by Gasteiger charge is 2.37. The Labute approximate surface area is 303 Å². The van der Waals surface area contributed by atoms with Crippen LogP contribution in [0.5, 0.6) is 23.0 Å². The van der Waals surface area contributed by atoms with Gasteiger partial charge >= 0.3 is 12.0 Å². The summed E-state index contributed by atoms with van der Waals surface area (Å²) in [6, 6.07) is 14.4. The maximum atomic E-state index is 14.3. The van der Waals surface area contributed by atoms with Gasteiger partial charge in [-0.15, -0.1) is 0 Å². The van der Waals surface area contributed by atoms with Crippen molar-refractivity contribution in [3.63, 3.8) is 0 Å². The number of esters is 1. The number of nitrogens with one attached hydrogen (secondary N) is 1. The van der Waals surface area contributed by atoms with Gasteiger partial charge in [0, 0.05) is 23.7 Å². The van der Waals surface area contributed by atoms with E-state index < -0.39 is 35.5 Å². The van der Waals surface area contributed by atoms with E-state index in [0.717, 1.165) is 10.5 Å². The van der Waals surface area contributed by atoms with Gasteiger partial charge in [0.25, 0.3) is 0 Å². The number of rotatable bonds is 11. The van der Waals surface area contributed by atoms with Crippen molar-refractivity contribution in [3.8, 4) is 23.0 Å². The number of hydrogen-bond acceptors (Lipinski definition) is 9. The molecule has 0 aromatic heterocycles. The lowest BCUT2D eigenvalue weighted by Gasteiger charge is -2.27. The third-order valence-electron chi connectivity index (χ3n) is 8.21. The summed E-state index contributed by atoms with van der Waals surface area (Å²) in [4.78, 5) is 44.1. The number of urea groups is 1. The van der Waals surface area contributed by atoms with Crippen LogP contribution in [0.15, 0.2) is 54.6 Å². The minimum absolute atomic E-state index is 0.131. The number of halogens is 1. The van der Waals surface area contributed by atoms with E-state index in [-0.39, 0.29) is 26.1 Å². The van der Waals surface area contributed by atoms with Gasteiger partial charge in [-0.05, 0) is 75.6 Å². The van der Waals surface area contributed by atoms with E-state index in [4.69, 9.17) is 47.5 Å². The normalized spacial score (nSPS) is 15.6. The monoisotopic (exact) mass is 725 g/mol. The molecular formula is C37H44ClN3O8S.